The van der Waals surface area contributed by atoms with E-state index < -0.39 is 12.6 Å². The zero-order valence-corrected chi connectivity index (χ0v) is 9.38. The molecule has 1 atom stereocenters. The van der Waals surface area contributed by atoms with Crippen LogP contribution in [-0.2, 0) is 11.3 Å². The van der Waals surface area contributed by atoms with Crippen molar-refractivity contribution in [2.24, 2.45) is 0 Å². The fourth-order valence-electron chi connectivity index (χ4n) is 1.75. The van der Waals surface area contributed by atoms with Crippen molar-refractivity contribution in [3.63, 3.8) is 0 Å². The maximum Gasteiger partial charge on any atom is 0.356 e. The first-order valence-electron chi connectivity index (χ1n) is 5.44. The lowest BCUT2D eigenvalue weighted by Gasteiger charge is -2.24. The Morgan fingerprint density at radius 2 is 2.50 bits per heavy atom. The summed E-state index contributed by atoms with van der Waals surface area (Å²) in [7, 11) is 0. The van der Waals surface area contributed by atoms with Gasteiger partial charge >= 0.3 is 12.6 Å². The number of carboxylic acids is 1. The van der Waals surface area contributed by atoms with Gasteiger partial charge in [0, 0.05) is 25.5 Å². The fraction of sp³-hybridized carbons (Fsp3) is 0.600. The first-order valence-corrected chi connectivity index (χ1v) is 5.44. The van der Waals surface area contributed by atoms with Crippen LogP contribution < -0.4 is 4.74 Å². The normalized spacial score (nSPS) is 18.5. The summed E-state index contributed by atoms with van der Waals surface area (Å²) in [6.45, 7) is -2.37. The third kappa shape index (κ3) is 2.95. The molecule has 0 amide bonds. The van der Waals surface area contributed by atoms with Crippen LogP contribution in [-0.4, -0.2) is 40.2 Å². The quantitative estimate of drug-likeness (QED) is 0.867. The monoisotopic (exact) mass is 262 g/mol. The number of rotatable bonds is 5. The van der Waals surface area contributed by atoms with Crippen LogP contribution in [0.15, 0.2) is 6.07 Å². The highest BCUT2D eigenvalue weighted by atomic mass is 19.3. The lowest BCUT2D eigenvalue weighted by Crippen LogP contribution is -2.27. The zero-order valence-electron chi connectivity index (χ0n) is 9.38. The number of hydrogen-bond donors (Lipinski definition) is 1. The van der Waals surface area contributed by atoms with Crippen molar-refractivity contribution in [1.82, 2.24) is 9.78 Å². The van der Waals surface area contributed by atoms with E-state index in [9.17, 15) is 13.6 Å². The molecule has 0 spiro atoms. The number of fused-ring (bicyclic) bond motifs is 1. The summed E-state index contributed by atoms with van der Waals surface area (Å²) < 4.78 is 34.6. The highest BCUT2D eigenvalue weighted by molar-refractivity contribution is 5.85. The molecule has 6 nitrogen and oxygen atoms in total. The Morgan fingerprint density at radius 1 is 1.72 bits per heavy atom. The maximum atomic E-state index is 11.8. The lowest BCUT2D eigenvalue weighted by molar-refractivity contribution is -0.133. The van der Waals surface area contributed by atoms with Gasteiger partial charge in [-0.1, -0.05) is 0 Å². The highest BCUT2D eigenvalue weighted by Crippen LogP contribution is 2.23. The Labute approximate surface area is 101 Å². The summed E-state index contributed by atoms with van der Waals surface area (Å²) in [5, 5.41) is 12.6. The molecule has 0 saturated heterocycles. The van der Waals surface area contributed by atoms with E-state index in [0.717, 1.165) is 0 Å². The van der Waals surface area contributed by atoms with Crippen molar-refractivity contribution in [2.75, 3.05) is 6.61 Å². The molecule has 8 heteroatoms. The minimum atomic E-state index is -2.78. The van der Waals surface area contributed by atoms with E-state index in [4.69, 9.17) is 9.84 Å². The van der Waals surface area contributed by atoms with Crippen LogP contribution in [0.25, 0.3) is 0 Å². The Morgan fingerprint density at radius 3 is 3.17 bits per heavy atom. The molecule has 1 N–H and O–H groups in total. The summed E-state index contributed by atoms with van der Waals surface area (Å²) in [5.74, 6) is -0.779. The minimum absolute atomic E-state index is 0.0884. The van der Waals surface area contributed by atoms with Crippen molar-refractivity contribution in [1.29, 1.82) is 0 Å². The summed E-state index contributed by atoms with van der Waals surface area (Å²) in [4.78, 5) is 10.7. The summed E-state index contributed by atoms with van der Waals surface area (Å²) in [6, 6.07) is 1.32. The van der Waals surface area contributed by atoms with Crippen molar-refractivity contribution in [3.8, 4) is 5.88 Å². The Bertz CT molecular complexity index is 436. The molecule has 0 fully saturated rings. The second-order valence-corrected chi connectivity index (χ2v) is 3.84. The number of aromatic nitrogens is 2. The van der Waals surface area contributed by atoms with Gasteiger partial charge in [-0.25, -0.2) is 9.48 Å². The van der Waals surface area contributed by atoms with Crippen molar-refractivity contribution < 1.29 is 28.2 Å². The molecule has 0 saturated carbocycles. The molecule has 0 radical (unpaired) electrons. The molecule has 2 rings (SSSR count). The third-order valence-electron chi connectivity index (χ3n) is 2.60. The van der Waals surface area contributed by atoms with Crippen molar-refractivity contribution in [3.05, 3.63) is 11.8 Å². The highest BCUT2D eigenvalue weighted by Gasteiger charge is 2.23. The predicted octanol–water partition coefficient (Wildman–Crippen LogP) is 1.36. The van der Waals surface area contributed by atoms with Crippen LogP contribution in [0.4, 0.5) is 8.78 Å². The molecular formula is C10H12F2N2O4. The lowest BCUT2D eigenvalue weighted by atomic mass is 10.2. The molecule has 100 valence electrons. The van der Waals surface area contributed by atoms with Crippen molar-refractivity contribution in [2.45, 2.75) is 32.1 Å². The molecule has 1 aliphatic rings. The fourth-order valence-corrected chi connectivity index (χ4v) is 1.75. The van der Waals surface area contributed by atoms with E-state index >= 15 is 0 Å². The van der Waals surface area contributed by atoms with E-state index in [1.807, 2.05) is 0 Å². The summed E-state index contributed by atoms with van der Waals surface area (Å²) >= 11 is 0. The van der Waals surface area contributed by atoms with Gasteiger partial charge in [0.25, 0.3) is 0 Å². The van der Waals surface area contributed by atoms with Gasteiger partial charge in [-0.15, -0.1) is 0 Å². The van der Waals surface area contributed by atoms with Gasteiger partial charge < -0.3 is 14.6 Å². The first-order chi connectivity index (χ1) is 8.56. The molecule has 0 aromatic carbocycles. The Kier molecular flexibility index (Phi) is 3.75. The summed E-state index contributed by atoms with van der Waals surface area (Å²) in [5.41, 5.74) is -0.0884. The van der Waals surface area contributed by atoms with E-state index in [-0.39, 0.29) is 18.4 Å². The first kappa shape index (κ1) is 12.7. The van der Waals surface area contributed by atoms with Gasteiger partial charge in [0.15, 0.2) is 5.69 Å². The molecule has 1 aliphatic heterocycles. The van der Waals surface area contributed by atoms with Crippen LogP contribution >= 0.6 is 0 Å². The molecule has 1 unspecified atom stereocenters. The molecular weight excluding hydrogens is 250 g/mol. The number of carboxylic acid groups (broad SMARTS) is 1. The second-order valence-electron chi connectivity index (χ2n) is 3.84. The average molecular weight is 262 g/mol. The Balaban J connectivity index is 1.91. The molecule has 18 heavy (non-hydrogen) atoms. The van der Waals surface area contributed by atoms with Crippen LogP contribution in [0.5, 0.6) is 5.88 Å². The molecule has 1 aromatic rings. The van der Waals surface area contributed by atoms with Gasteiger partial charge in [0.1, 0.15) is 6.10 Å². The number of aromatic carboxylic acids is 1. The third-order valence-corrected chi connectivity index (χ3v) is 2.60. The minimum Gasteiger partial charge on any atom is -0.476 e. The van der Waals surface area contributed by atoms with Gasteiger partial charge in [0.05, 0.1) is 6.61 Å². The van der Waals surface area contributed by atoms with Gasteiger partial charge in [-0.05, 0) is 0 Å². The SMILES string of the molecule is O=C(O)c1cc2n(n1)CCC(CCOC(F)F)O2. The Hall–Kier alpha value is -1.70. The molecule has 0 bridgehead atoms. The topological polar surface area (TPSA) is 73.6 Å². The molecule has 0 aliphatic carbocycles. The number of carbonyl (C=O) groups is 1. The number of hydrogen-bond acceptors (Lipinski definition) is 4. The van der Waals surface area contributed by atoms with Crippen LogP contribution in [0.2, 0.25) is 0 Å². The van der Waals surface area contributed by atoms with E-state index in [1.54, 1.807) is 0 Å². The number of halogens is 2. The predicted molar refractivity (Wildman–Crippen MR) is 54.8 cm³/mol. The average Bonchev–Trinajstić information content (AvgIpc) is 2.71. The summed E-state index contributed by atoms with van der Waals surface area (Å²) in [6.07, 6.45) is 0.660. The molecule has 2 heterocycles. The van der Waals surface area contributed by atoms with E-state index in [2.05, 4.69) is 9.84 Å². The van der Waals surface area contributed by atoms with E-state index in [0.29, 0.717) is 25.3 Å². The number of nitrogens with zero attached hydrogens (tertiary/aromatic N) is 2. The van der Waals surface area contributed by atoms with Crippen LogP contribution in [0, 0.1) is 0 Å². The maximum absolute atomic E-state index is 11.8. The van der Waals surface area contributed by atoms with Gasteiger partial charge in [0.2, 0.25) is 5.88 Å². The second kappa shape index (κ2) is 5.30. The zero-order chi connectivity index (χ0) is 13.1. The smallest absolute Gasteiger partial charge is 0.356 e. The number of ether oxygens (including phenoxy) is 2. The standard InChI is InChI=1S/C10H12F2N2O4/c11-10(12)17-4-2-6-1-3-14-8(18-6)5-7(13-14)9(15)16/h5-6,10H,1-4H2,(H,15,16). The van der Waals surface area contributed by atoms with Crippen LogP contribution in [0.3, 0.4) is 0 Å². The largest absolute Gasteiger partial charge is 0.476 e. The number of aryl methyl sites for hydroxylation is 1. The van der Waals surface area contributed by atoms with Crippen LogP contribution in [0.1, 0.15) is 23.3 Å². The van der Waals surface area contributed by atoms with Gasteiger partial charge in [-0.3, -0.25) is 0 Å². The molecule has 1 aromatic heterocycles. The van der Waals surface area contributed by atoms with E-state index in [1.165, 1.54) is 10.7 Å². The van der Waals surface area contributed by atoms with Crippen molar-refractivity contribution >= 4 is 5.97 Å². The van der Waals surface area contributed by atoms with Gasteiger partial charge in [-0.2, -0.15) is 13.9 Å². The number of alkyl halides is 2.